The van der Waals surface area contributed by atoms with Crippen molar-refractivity contribution in [1.82, 2.24) is 14.7 Å². The molecule has 0 spiro atoms. The van der Waals surface area contributed by atoms with Crippen LogP contribution in [-0.4, -0.2) is 37.0 Å². The molecule has 1 aliphatic rings. The number of fused-ring (bicyclic) bond motifs is 1. The third-order valence-corrected chi connectivity index (χ3v) is 2.46. The van der Waals surface area contributed by atoms with Gasteiger partial charge in [0.1, 0.15) is 0 Å². The second kappa shape index (κ2) is 2.90. The van der Waals surface area contributed by atoms with Crippen molar-refractivity contribution in [2.45, 2.75) is 26.1 Å². The molecule has 0 aliphatic carbocycles. The zero-order chi connectivity index (χ0) is 10.3. The highest BCUT2D eigenvalue weighted by molar-refractivity contribution is 5.65. The Labute approximate surface area is 80.4 Å². The maximum Gasteiger partial charge on any atom is 0.407 e. The first kappa shape index (κ1) is 8.86. The van der Waals surface area contributed by atoms with E-state index in [1.165, 1.54) is 11.1 Å². The zero-order valence-corrected chi connectivity index (χ0v) is 7.71. The Morgan fingerprint density at radius 2 is 2.43 bits per heavy atom. The van der Waals surface area contributed by atoms with Crippen LogP contribution in [0.15, 0.2) is 6.20 Å². The highest BCUT2D eigenvalue weighted by Gasteiger charge is 2.28. The average Bonchev–Trinajstić information content (AvgIpc) is 2.46. The van der Waals surface area contributed by atoms with Crippen molar-refractivity contribution >= 4 is 6.09 Å². The molecule has 0 saturated heterocycles. The molecular weight excluding hydrogens is 186 g/mol. The fraction of sp³-hybridized carbons (Fsp3) is 0.500. The first-order valence-corrected chi connectivity index (χ1v) is 4.33. The van der Waals surface area contributed by atoms with Crippen molar-refractivity contribution in [3.63, 3.8) is 0 Å². The van der Waals surface area contributed by atoms with Crippen molar-refractivity contribution in [3.05, 3.63) is 11.9 Å². The van der Waals surface area contributed by atoms with E-state index in [-0.39, 0.29) is 18.3 Å². The van der Waals surface area contributed by atoms with Gasteiger partial charge in [-0.1, -0.05) is 0 Å². The van der Waals surface area contributed by atoms with E-state index in [9.17, 15) is 9.90 Å². The minimum atomic E-state index is -0.968. The summed E-state index contributed by atoms with van der Waals surface area (Å²) >= 11 is 0. The van der Waals surface area contributed by atoms with Gasteiger partial charge in [0.25, 0.3) is 0 Å². The first-order valence-electron chi connectivity index (χ1n) is 4.33. The lowest BCUT2D eigenvalue weighted by molar-refractivity contribution is 0.104. The molecule has 0 fully saturated rings. The topological polar surface area (TPSA) is 78.6 Å². The third-order valence-electron chi connectivity index (χ3n) is 2.46. The molecule has 0 bridgehead atoms. The Bertz CT molecular complexity index is 374. The lowest BCUT2D eigenvalue weighted by Crippen LogP contribution is -2.44. The Kier molecular flexibility index (Phi) is 1.83. The van der Waals surface area contributed by atoms with Crippen LogP contribution in [0.4, 0.5) is 4.79 Å². The van der Waals surface area contributed by atoms with Crippen LogP contribution in [0.1, 0.15) is 12.6 Å². The van der Waals surface area contributed by atoms with E-state index in [4.69, 9.17) is 5.11 Å². The normalized spacial score (nSPS) is 20.6. The highest BCUT2D eigenvalue weighted by Crippen LogP contribution is 2.24. The molecule has 1 atom stereocenters. The summed E-state index contributed by atoms with van der Waals surface area (Å²) in [6.45, 7) is 2.50. The predicted molar refractivity (Wildman–Crippen MR) is 46.9 cm³/mol. The molecular formula is C8H11N3O3. The van der Waals surface area contributed by atoms with Crippen molar-refractivity contribution in [1.29, 1.82) is 0 Å². The van der Waals surface area contributed by atoms with Gasteiger partial charge in [-0.15, -0.1) is 0 Å². The van der Waals surface area contributed by atoms with Crippen LogP contribution in [0.25, 0.3) is 0 Å². The molecule has 0 aromatic carbocycles. The molecule has 1 unspecified atom stereocenters. The highest BCUT2D eigenvalue weighted by atomic mass is 16.4. The summed E-state index contributed by atoms with van der Waals surface area (Å²) < 4.78 is 1.64. The number of aromatic nitrogens is 2. The van der Waals surface area contributed by atoms with Crippen LogP contribution in [0, 0.1) is 0 Å². The molecule has 1 aromatic rings. The van der Waals surface area contributed by atoms with Gasteiger partial charge in [0.05, 0.1) is 31.0 Å². The molecule has 6 nitrogen and oxygen atoms in total. The van der Waals surface area contributed by atoms with E-state index in [0.717, 1.165) is 0 Å². The summed E-state index contributed by atoms with van der Waals surface area (Å²) in [5.74, 6) is 0.0585. The molecule has 0 radical (unpaired) electrons. The lowest BCUT2D eigenvalue weighted by Gasteiger charge is -2.31. The van der Waals surface area contributed by atoms with Crippen molar-refractivity contribution in [3.8, 4) is 5.75 Å². The number of carbonyl (C=O) groups is 1. The number of rotatable bonds is 0. The van der Waals surface area contributed by atoms with Gasteiger partial charge < -0.3 is 10.2 Å². The van der Waals surface area contributed by atoms with Crippen LogP contribution >= 0.6 is 0 Å². The molecule has 76 valence electrons. The smallest absolute Gasteiger partial charge is 0.407 e. The Morgan fingerprint density at radius 1 is 1.71 bits per heavy atom. The van der Waals surface area contributed by atoms with Gasteiger partial charge in [0.15, 0.2) is 5.75 Å². The van der Waals surface area contributed by atoms with Crippen molar-refractivity contribution < 1.29 is 15.0 Å². The maximum atomic E-state index is 10.8. The number of aromatic hydroxyl groups is 1. The Hall–Kier alpha value is -1.72. The summed E-state index contributed by atoms with van der Waals surface area (Å²) in [7, 11) is 0. The summed E-state index contributed by atoms with van der Waals surface area (Å²) in [5.41, 5.74) is 0.561. The molecule has 2 heterocycles. The second-order valence-corrected chi connectivity index (χ2v) is 3.42. The summed E-state index contributed by atoms with van der Waals surface area (Å²) in [4.78, 5) is 12.1. The molecule has 0 saturated carbocycles. The zero-order valence-electron chi connectivity index (χ0n) is 7.71. The van der Waals surface area contributed by atoms with E-state index in [1.807, 2.05) is 6.92 Å². The number of amides is 1. The van der Waals surface area contributed by atoms with E-state index in [0.29, 0.717) is 12.2 Å². The monoisotopic (exact) mass is 197 g/mol. The number of carboxylic acid groups (broad SMARTS) is 1. The molecule has 1 aromatic heterocycles. The summed E-state index contributed by atoms with van der Waals surface area (Å²) in [6.07, 6.45) is 0.372. The number of hydrogen-bond donors (Lipinski definition) is 2. The van der Waals surface area contributed by atoms with Gasteiger partial charge in [0.2, 0.25) is 0 Å². The van der Waals surface area contributed by atoms with Crippen molar-refractivity contribution in [2.75, 3.05) is 0 Å². The maximum absolute atomic E-state index is 10.8. The predicted octanol–water partition coefficient (Wildman–Crippen LogP) is 0.471. The van der Waals surface area contributed by atoms with E-state index < -0.39 is 6.09 Å². The van der Waals surface area contributed by atoms with E-state index in [1.54, 1.807) is 4.68 Å². The largest absolute Gasteiger partial charge is 0.504 e. The minimum absolute atomic E-state index is 0.0585. The number of hydrogen-bond acceptors (Lipinski definition) is 3. The number of nitrogens with zero attached hydrogens (tertiary/aromatic N) is 3. The molecule has 14 heavy (non-hydrogen) atoms. The van der Waals surface area contributed by atoms with E-state index >= 15 is 0 Å². The van der Waals surface area contributed by atoms with Gasteiger partial charge in [0, 0.05) is 0 Å². The van der Waals surface area contributed by atoms with Gasteiger partial charge in [-0.3, -0.25) is 9.58 Å². The quantitative estimate of drug-likeness (QED) is 0.633. The van der Waals surface area contributed by atoms with Gasteiger partial charge in [-0.05, 0) is 6.92 Å². The average molecular weight is 197 g/mol. The van der Waals surface area contributed by atoms with Gasteiger partial charge >= 0.3 is 6.09 Å². The lowest BCUT2D eigenvalue weighted by atomic mass is 10.2. The van der Waals surface area contributed by atoms with Gasteiger partial charge in [-0.2, -0.15) is 5.10 Å². The van der Waals surface area contributed by atoms with Gasteiger partial charge in [-0.25, -0.2) is 4.79 Å². The molecule has 2 N–H and O–H groups in total. The first-order chi connectivity index (χ1) is 6.59. The van der Waals surface area contributed by atoms with Crippen LogP contribution in [0.3, 0.4) is 0 Å². The van der Waals surface area contributed by atoms with Crippen LogP contribution in [0.2, 0.25) is 0 Å². The standard InChI is InChI=1S/C8H11N3O3/c1-5-3-11-6(7(12)2-9-11)4-10(5)8(13)14/h2,5,12H,3-4H2,1H3,(H,13,14). The fourth-order valence-electron chi connectivity index (χ4n) is 1.64. The third kappa shape index (κ3) is 1.19. The minimum Gasteiger partial charge on any atom is -0.504 e. The van der Waals surface area contributed by atoms with Crippen LogP contribution < -0.4 is 0 Å². The molecule has 1 aliphatic heterocycles. The fourth-order valence-corrected chi connectivity index (χ4v) is 1.64. The van der Waals surface area contributed by atoms with Crippen LogP contribution in [0.5, 0.6) is 5.75 Å². The second-order valence-electron chi connectivity index (χ2n) is 3.42. The summed E-state index contributed by atoms with van der Waals surface area (Å²) in [5, 5.41) is 22.2. The Balaban J connectivity index is 2.33. The Morgan fingerprint density at radius 3 is 3.07 bits per heavy atom. The van der Waals surface area contributed by atoms with Crippen molar-refractivity contribution in [2.24, 2.45) is 0 Å². The molecule has 2 rings (SSSR count). The summed E-state index contributed by atoms with van der Waals surface area (Å²) in [6, 6.07) is -0.112. The van der Waals surface area contributed by atoms with E-state index in [2.05, 4.69) is 5.10 Å². The SMILES string of the molecule is CC1Cn2ncc(O)c2CN1C(=O)O. The molecule has 1 amide bonds. The molecule has 6 heteroatoms. The van der Waals surface area contributed by atoms with Crippen LogP contribution in [-0.2, 0) is 13.1 Å².